The van der Waals surface area contributed by atoms with E-state index >= 15 is 0 Å². The lowest BCUT2D eigenvalue weighted by Gasteiger charge is -2.45. The molecule has 0 unspecified atom stereocenters. The number of carbonyl (C=O) groups excluding carboxylic acids is 4. The van der Waals surface area contributed by atoms with E-state index in [1.807, 2.05) is 12.1 Å². The quantitative estimate of drug-likeness (QED) is 0.373. The van der Waals surface area contributed by atoms with Gasteiger partial charge in [0, 0.05) is 27.9 Å². The van der Waals surface area contributed by atoms with E-state index in [9.17, 15) is 19.2 Å². The van der Waals surface area contributed by atoms with Crippen molar-refractivity contribution in [2.75, 3.05) is 26.2 Å². The van der Waals surface area contributed by atoms with Crippen molar-refractivity contribution in [1.29, 1.82) is 0 Å². The van der Waals surface area contributed by atoms with Gasteiger partial charge in [0.2, 0.25) is 12.7 Å². The Morgan fingerprint density at radius 3 is 2.28 bits per heavy atom. The van der Waals surface area contributed by atoms with Crippen LogP contribution >= 0.6 is 11.8 Å². The summed E-state index contributed by atoms with van der Waals surface area (Å²) in [4.78, 5) is 50.2. The summed E-state index contributed by atoms with van der Waals surface area (Å²) in [7, 11) is 1.33. The third-order valence-corrected chi connectivity index (χ3v) is 7.01. The van der Waals surface area contributed by atoms with Crippen molar-refractivity contribution in [3.8, 4) is 11.5 Å². The van der Waals surface area contributed by atoms with Gasteiger partial charge in [-0.15, -0.1) is 11.8 Å². The number of rotatable bonds is 7. The molecule has 13 heteroatoms. The Bertz CT molecular complexity index is 1030. The van der Waals surface area contributed by atoms with Crippen molar-refractivity contribution in [1.82, 2.24) is 4.90 Å². The van der Waals surface area contributed by atoms with E-state index in [2.05, 4.69) is 0 Å². The van der Waals surface area contributed by atoms with Crippen LogP contribution in [-0.4, -0.2) is 85.6 Å². The molecule has 1 amide bonds. The summed E-state index contributed by atoms with van der Waals surface area (Å²) in [5.41, 5.74) is 0.813. The standard InChI is InChI=1S/C23H27NO11S/c1-11(25)32-19-17(35-23(29-4)21(34-13(3)27)20(19)33-12(2)26)8-24-18(28)9-36-22(24)14-5-6-15-16(7-14)31-10-30-15/h5-7,17,19-23H,8-10H2,1-4H3/t17-,19-,20+,21-,22+,23+/m1/s1. The number of carbonyl (C=O) groups is 4. The van der Waals surface area contributed by atoms with Crippen LogP contribution in [0.1, 0.15) is 31.7 Å². The Morgan fingerprint density at radius 1 is 0.972 bits per heavy atom. The van der Waals surface area contributed by atoms with Crippen LogP contribution in [0, 0.1) is 0 Å². The number of ether oxygens (including phenoxy) is 7. The fraction of sp³-hybridized carbons (Fsp3) is 0.565. The molecule has 0 N–H and O–H groups in total. The summed E-state index contributed by atoms with van der Waals surface area (Å²) in [6.45, 7) is 3.65. The smallest absolute Gasteiger partial charge is 0.303 e. The zero-order valence-electron chi connectivity index (χ0n) is 20.2. The third kappa shape index (κ3) is 5.52. The lowest BCUT2D eigenvalue weighted by Crippen LogP contribution is -2.63. The summed E-state index contributed by atoms with van der Waals surface area (Å²) in [6.07, 6.45) is -5.73. The number of hydrogen-bond donors (Lipinski definition) is 0. The van der Waals surface area contributed by atoms with Crippen molar-refractivity contribution < 1.29 is 52.3 Å². The highest BCUT2D eigenvalue weighted by Gasteiger charge is 2.53. The van der Waals surface area contributed by atoms with Crippen molar-refractivity contribution in [2.45, 2.75) is 56.9 Å². The Hall–Kier alpha value is -3.03. The summed E-state index contributed by atoms with van der Waals surface area (Å²) in [5.74, 6) is -0.758. The monoisotopic (exact) mass is 525 g/mol. The molecule has 36 heavy (non-hydrogen) atoms. The van der Waals surface area contributed by atoms with Gasteiger partial charge in [-0.25, -0.2) is 0 Å². The minimum atomic E-state index is -1.23. The largest absolute Gasteiger partial charge is 0.456 e. The summed E-state index contributed by atoms with van der Waals surface area (Å²) in [5, 5.41) is -0.382. The zero-order chi connectivity index (χ0) is 26.0. The second-order valence-corrected chi connectivity index (χ2v) is 9.39. The molecule has 12 nitrogen and oxygen atoms in total. The van der Waals surface area contributed by atoms with Gasteiger partial charge in [0.15, 0.2) is 36.1 Å². The molecular formula is C23H27NO11S. The van der Waals surface area contributed by atoms with Crippen molar-refractivity contribution in [2.24, 2.45) is 0 Å². The maximum atomic E-state index is 12.9. The predicted octanol–water partition coefficient (Wildman–Crippen LogP) is 1.16. The first-order valence-corrected chi connectivity index (χ1v) is 12.2. The molecule has 2 saturated heterocycles. The van der Waals surface area contributed by atoms with Gasteiger partial charge in [-0.05, 0) is 17.7 Å². The molecule has 0 radical (unpaired) electrons. The Labute approximate surface area is 211 Å². The summed E-state index contributed by atoms with van der Waals surface area (Å²) in [6, 6.07) is 5.44. The van der Waals surface area contributed by atoms with Gasteiger partial charge in [0.05, 0.1) is 12.3 Å². The number of methoxy groups -OCH3 is 1. The summed E-state index contributed by atoms with van der Waals surface area (Å²) >= 11 is 1.42. The average Bonchev–Trinajstić information content (AvgIpc) is 3.42. The van der Waals surface area contributed by atoms with Gasteiger partial charge >= 0.3 is 17.9 Å². The molecule has 0 spiro atoms. The number of benzene rings is 1. The highest BCUT2D eigenvalue weighted by molar-refractivity contribution is 8.00. The van der Waals surface area contributed by atoms with E-state index in [1.54, 1.807) is 11.0 Å². The Morgan fingerprint density at radius 2 is 1.61 bits per heavy atom. The van der Waals surface area contributed by atoms with Crippen LogP contribution in [0.3, 0.4) is 0 Å². The number of esters is 3. The van der Waals surface area contributed by atoms with Crippen LogP contribution in [0.4, 0.5) is 0 Å². The van der Waals surface area contributed by atoms with Crippen molar-refractivity contribution in [3.63, 3.8) is 0 Å². The lowest BCUT2D eigenvalue weighted by atomic mass is 9.97. The fourth-order valence-electron chi connectivity index (χ4n) is 4.38. The maximum absolute atomic E-state index is 12.9. The van der Waals surface area contributed by atoms with Gasteiger partial charge in [0.25, 0.3) is 0 Å². The van der Waals surface area contributed by atoms with Crippen molar-refractivity contribution >= 4 is 35.6 Å². The maximum Gasteiger partial charge on any atom is 0.303 e. The van der Waals surface area contributed by atoms with E-state index in [-0.39, 0.29) is 30.4 Å². The van der Waals surface area contributed by atoms with Gasteiger partial charge in [-0.1, -0.05) is 6.07 Å². The number of nitrogens with zero attached hydrogens (tertiary/aromatic N) is 1. The molecule has 2 fully saturated rings. The molecule has 0 bridgehead atoms. The molecule has 1 aromatic carbocycles. The topological polar surface area (TPSA) is 136 Å². The van der Waals surface area contributed by atoms with Gasteiger partial charge in [0.1, 0.15) is 11.5 Å². The molecule has 0 aromatic heterocycles. The second-order valence-electron chi connectivity index (χ2n) is 8.32. The van der Waals surface area contributed by atoms with E-state index in [0.717, 1.165) is 5.56 Å². The Balaban J connectivity index is 1.64. The molecule has 0 aliphatic carbocycles. The van der Waals surface area contributed by atoms with Gasteiger partial charge in [-0.2, -0.15) is 0 Å². The lowest BCUT2D eigenvalue weighted by molar-refractivity contribution is -0.299. The van der Waals surface area contributed by atoms with E-state index in [4.69, 9.17) is 33.2 Å². The van der Waals surface area contributed by atoms with Gasteiger partial charge in [-0.3, -0.25) is 19.2 Å². The van der Waals surface area contributed by atoms with Crippen LogP contribution in [-0.2, 0) is 42.9 Å². The van der Waals surface area contributed by atoms with Crippen molar-refractivity contribution in [3.05, 3.63) is 23.8 Å². The number of thioether (sulfide) groups is 1. The molecule has 1 aromatic rings. The molecule has 3 heterocycles. The zero-order valence-corrected chi connectivity index (χ0v) is 21.0. The van der Waals surface area contributed by atoms with E-state index in [0.29, 0.717) is 11.5 Å². The fourth-order valence-corrected chi connectivity index (χ4v) is 5.57. The van der Waals surface area contributed by atoms with Crippen LogP contribution < -0.4 is 9.47 Å². The number of fused-ring (bicyclic) bond motifs is 1. The molecule has 6 atom stereocenters. The van der Waals surface area contributed by atoms with E-state index < -0.39 is 48.6 Å². The molecule has 4 rings (SSSR count). The third-order valence-electron chi connectivity index (χ3n) is 5.76. The highest BCUT2D eigenvalue weighted by Crippen LogP contribution is 2.43. The second kappa shape index (κ2) is 10.9. The van der Waals surface area contributed by atoms with Gasteiger partial charge < -0.3 is 38.1 Å². The van der Waals surface area contributed by atoms with Crippen LogP contribution in [0.25, 0.3) is 0 Å². The highest BCUT2D eigenvalue weighted by atomic mass is 32.2. The van der Waals surface area contributed by atoms with Crippen LogP contribution in [0.2, 0.25) is 0 Å². The van der Waals surface area contributed by atoms with Crippen LogP contribution in [0.15, 0.2) is 18.2 Å². The molecule has 196 valence electrons. The van der Waals surface area contributed by atoms with E-state index in [1.165, 1.54) is 39.6 Å². The first-order chi connectivity index (χ1) is 17.2. The Kier molecular flexibility index (Phi) is 7.91. The minimum Gasteiger partial charge on any atom is -0.456 e. The molecule has 0 saturated carbocycles. The first kappa shape index (κ1) is 26.0. The average molecular weight is 526 g/mol. The molecule has 3 aliphatic heterocycles. The summed E-state index contributed by atoms with van der Waals surface area (Å²) < 4.78 is 38.5. The minimum absolute atomic E-state index is 0.0205. The normalized spacial score (nSPS) is 29.1. The first-order valence-electron chi connectivity index (χ1n) is 11.2. The molecular weight excluding hydrogens is 498 g/mol. The SMILES string of the molecule is CO[C@H]1O[C@H](CN2C(=O)CS[C@H]2c2ccc3c(c2)OCO3)[C@@H](OC(C)=O)[C@H](OC(C)=O)[C@H]1OC(C)=O. The predicted molar refractivity (Wildman–Crippen MR) is 122 cm³/mol. The number of hydrogen-bond acceptors (Lipinski definition) is 12. The number of amides is 1. The molecule has 3 aliphatic rings. The van der Waals surface area contributed by atoms with Crippen LogP contribution in [0.5, 0.6) is 11.5 Å².